The quantitative estimate of drug-likeness (QED) is 0.712. The minimum Gasteiger partial charge on any atom is -0.490 e. The number of nitrogens with zero attached hydrogens (tertiary/aromatic N) is 1. The Kier molecular flexibility index (Phi) is 6.11. The van der Waals surface area contributed by atoms with Crippen molar-refractivity contribution in [3.05, 3.63) is 65.2 Å². The third kappa shape index (κ3) is 5.88. The average Bonchev–Trinajstić information content (AvgIpc) is 2.65. The second-order valence-corrected chi connectivity index (χ2v) is 6.28. The highest BCUT2D eigenvalue weighted by Crippen LogP contribution is 2.31. The second-order valence-electron chi connectivity index (χ2n) is 6.28. The van der Waals surface area contributed by atoms with E-state index in [1.807, 2.05) is 0 Å². The predicted octanol–water partition coefficient (Wildman–Crippen LogP) is 4.82. The van der Waals surface area contributed by atoms with Gasteiger partial charge in [-0.3, -0.25) is 4.79 Å². The molecule has 154 valence electrons. The Morgan fingerprint density at radius 2 is 1.38 bits per heavy atom. The van der Waals surface area contributed by atoms with Crippen LogP contribution in [-0.4, -0.2) is 18.1 Å². The molecule has 0 spiro atoms. The maximum absolute atomic E-state index is 12.6. The van der Waals surface area contributed by atoms with Crippen molar-refractivity contribution in [2.24, 2.45) is 0 Å². The fourth-order valence-electron chi connectivity index (χ4n) is 2.20. The van der Waals surface area contributed by atoms with E-state index < -0.39 is 41.5 Å². The Hall–Kier alpha value is -3.22. The highest BCUT2D eigenvalue weighted by atomic mass is 19.4. The van der Waals surface area contributed by atoms with Crippen LogP contribution in [0.15, 0.2) is 48.5 Å². The Balaban J connectivity index is 2.04. The zero-order valence-electron chi connectivity index (χ0n) is 14.9. The molecule has 0 bridgehead atoms. The molecule has 0 saturated carbocycles. The summed E-state index contributed by atoms with van der Waals surface area (Å²) in [5.41, 5.74) is -3.48. The molecule has 0 aromatic heterocycles. The SMILES string of the molecule is CC(C#N)(COc1ccc(C(F)(F)F)cc1)NC(=O)c1ccc(C(F)(F)F)cc1. The fraction of sp³-hybridized carbons (Fsp3) is 0.263. The molecule has 10 heteroatoms. The maximum Gasteiger partial charge on any atom is 0.416 e. The van der Waals surface area contributed by atoms with E-state index in [0.29, 0.717) is 0 Å². The molecule has 1 N–H and O–H groups in total. The van der Waals surface area contributed by atoms with Crippen molar-refractivity contribution in [3.63, 3.8) is 0 Å². The highest BCUT2D eigenvalue weighted by Gasteiger charge is 2.32. The Morgan fingerprint density at radius 3 is 1.79 bits per heavy atom. The molecule has 1 atom stereocenters. The molecule has 2 aromatic rings. The number of ether oxygens (including phenoxy) is 1. The first-order valence-corrected chi connectivity index (χ1v) is 8.05. The summed E-state index contributed by atoms with van der Waals surface area (Å²) < 4.78 is 80.7. The predicted molar refractivity (Wildman–Crippen MR) is 89.9 cm³/mol. The van der Waals surface area contributed by atoms with Crippen LogP contribution in [0.25, 0.3) is 0 Å². The fourth-order valence-corrected chi connectivity index (χ4v) is 2.20. The lowest BCUT2D eigenvalue weighted by molar-refractivity contribution is -0.138. The van der Waals surface area contributed by atoms with Gasteiger partial charge in [0.15, 0.2) is 5.54 Å². The molecular weight excluding hydrogens is 402 g/mol. The van der Waals surface area contributed by atoms with E-state index in [1.165, 1.54) is 6.92 Å². The summed E-state index contributed by atoms with van der Waals surface area (Å²) in [5.74, 6) is -0.762. The summed E-state index contributed by atoms with van der Waals surface area (Å²) in [5, 5.41) is 11.7. The molecule has 2 rings (SSSR count). The third-order valence-electron chi connectivity index (χ3n) is 3.82. The number of carbonyl (C=O) groups is 1. The van der Waals surface area contributed by atoms with Gasteiger partial charge in [-0.1, -0.05) is 0 Å². The van der Waals surface area contributed by atoms with Crippen LogP contribution in [0, 0.1) is 11.3 Å². The lowest BCUT2D eigenvalue weighted by Gasteiger charge is -2.23. The minimum atomic E-state index is -4.55. The van der Waals surface area contributed by atoms with Crippen molar-refractivity contribution >= 4 is 5.91 Å². The average molecular weight is 416 g/mol. The molecule has 2 aromatic carbocycles. The Labute approximate surface area is 161 Å². The van der Waals surface area contributed by atoms with Gasteiger partial charge in [0.2, 0.25) is 0 Å². The van der Waals surface area contributed by atoms with Crippen molar-refractivity contribution in [3.8, 4) is 11.8 Å². The number of nitriles is 1. The number of amides is 1. The number of alkyl halides is 6. The molecule has 29 heavy (non-hydrogen) atoms. The highest BCUT2D eigenvalue weighted by molar-refractivity contribution is 5.95. The normalized spacial score (nSPS) is 13.9. The number of carbonyl (C=O) groups excluding carboxylic acids is 1. The van der Waals surface area contributed by atoms with Crippen molar-refractivity contribution in [2.45, 2.75) is 24.8 Å². The van der Waals surface area contributed by atoms with E-state index in [0.717, 1.165) is 48.5 Å². The molecule has 0 fully saturated rings. The molecule has 0 aliphatic heterocycles. The molecule has 0 aliphatic carbocycles. The lowest BCUT2D eigenvalue weighted by atomic mass is 10.0. The van der Waals surface area contributed by atoms with Gasteiger partial charge in [-0.25, -0.2) is 0 Å². The van der Waals surface area contributed by atoms with E-state index in [4.69, 9.17) is 4.74 Å². The van der Waals surface area contributed by atoms with E-state index in [1.54, 1.807) is 6.07 Å². The van der Waals surface area contributed by atoms with Gasteiger partial charge in [-0.05, 0) is 55.5 Å². The van der Waals surface area contributed by atoms with Gasteiger partial charge in [-0.15, -0.1) is 0 Å². The Bertz CT molecular complexity index is 899. The van der Waals surface area contributed by atoms with E-state index >= 15 is 0 Å². The van der Waals surface area contributed by atoms with Crippen LogP contribution < -0.4 is 10.1 Å². The van der Waals surface area contributed by atoms with Crippen LogP contribution >= 0.6 is 0 Å². The van der Waals surface area contributed by atoms with Crippen molar-refractivity contribution in [1.29, 1.82) is 5.26 Å². The second kappa shape index (κ2) is 8.03. The number of benzene rings is 2. The first-order chi connectivity index (χ1) is 13.3. The monoisotopic (exact) mass is 416 g/mol. The van der Waals surface area contributed by atoms with Crippen LogP contribution in [0.2, 0.25) is 0 Å². The smallest absolute Gasteiger partial charge is 0.416 e. The summed E-state index contributed by atoms with van der Waals surface area (Å²) >= 11 is 0. The molecule has 0 radical (unpaired) electrons. The molecule has 1 amide bonds. The van der Waals surface area contributed by atoms with E-state index in [9.17, 15) is 36.4 Å². The van der Waals surface area contributed by atoms with Crippen LogP contribution in [0.5, 0.6) is 5.75 Å². The minimum absolute atomic E-state index is 0.0447. The van der Waals surface area contributed by atoms with Crippen LogP contribution in [-0.2, 0) is 12.4 Å². The van der Waals surface area contributed by atoms with Gasteiger partial charge in [0.05, 0.1) is 17.2 Å². The van der Waals surface area contributed by atoms with Gasteiger partial charge >= 0.3 is 12.4 Å². The third-order valence-corrected chi connectivity index (χ3v) is 3.82. The van der Waals surface area contributed by atoms with Gasteiger partial charge in [0.1, 0.15) is 12.4 Å². The number of hydrogen-bond acceptors (Lipinski definition) is 3. The number of rotatable bonds is 5. The van der Waals surface area contributed by atoms with E-state index in [2.05, 4.69) is 5.32 Å². The van der Waals surface area contributed by atoms with Crippen LogP contribution in [0.3, 0.4) is 0 Å². The lowest BCUT2D eigenvalue weighted by Crippen LogP contribution is -2.49. The molecule has 0 heterocycles. The summed E-state index contributed by atoms with van der Waals surface area (Å²) in [4.78, 5) is 12.2. The number of nitrogens with one attached hydrogen (secondary N) is 1. The summed E-state index contributed by atoms with van der Waals surface area (Å²) in [6, 6.07) is 8.95. The summed E-state index contributed by atoms with van der Waals surface area (Å²) in [7, 11) is 0. The maximum atomic E-state index is 12.6. The summed E-state index contributed by atoms with van der Waals surface area (Å²) in [6.45, 7) is 0.903. The van der Waals surface area contributed by atoms with Gasteiger partial charge < -0.3 is 10.1 Å². The summed E-state index contributed by atoms with van der Waals surface area (Å²) in [6.07, 6.45) is -9.05. The largest absolute Gasteiger partial charge is 0.490 e. The number of halogens is 6. The zero-order chi connectivity index (χ0) is 21.9. The number of hydrogen-bond donors (Lipinski definition) is 1. The van der Waals surface area contributed by atoms with Crippen LogP contribution in [0.1, 0.15) is 28.4 Å². The van der Waals surface area contributed by atoms with Crippen molar-refractivity contribution < 1.29 is 35.9 Å². The van der Waals surface area contributed by atoms with Crippen molar-refractivity contribution in [2.75, 3.05) is 6.61 Å². The molecule has 4 nitrogen and oxygen atoms in total. The van der Waals surface area contributed by atoms with Gasteiger partial charge in [-0.2, -0.15) is 31.6 Å². The van der Waals surface area contributed by atoms with Crippen LogP contribution in [0.4, 0.5) is 26.3 Å². The molecule has 0 saturated heterocycles. The molecule has 0 aliphatic rings. The Morgan fingerprint density at radius 1 is 0.931 bits per heavy atom. The van der Waals surface area contributed by atoms with Crippen molar-refractivity contribution in [1.82, 2.24) is 5.32 Å². The van der Waals surface area contributed by atoms with Gasteiger partial charge in [0.25, 0.3) is 5.91 Å². The van der Waals surface area contributed by atoms with Gasteiger partial charge in [0, 0.05) is 5.56 Å². The standard InChI is InChI=1S/C19H14F6N2O2/c1-17(10-26,11-29-15-8-6-14(7-9-15)19(23,24)25)27-16(28)12-2-4-13(5-3-12)18(20,21)22/h2-9H,11H2,1H3,(H,27,28). The topological polar surface area (TPSA) is 62.1 Å². The first-order valence-electron chi connectivity index (χ1n) is 8.05. The zero-order valence-corrected chi connectivity index (χ0v) is 14.9. The first kappa shape index (κ1) is 22.1. The van der Waals surface area contributed by atoms with E-state index in [-0.39, 0.29) is 11.3 Å². The molecular formula is C19H14F6N2O2. The molecule has 1 unspecified atom stereocenters.